The summed E-state index contributed by atoms with van der Waals surface area (Å²) in [5.41, 5.74) is 1.01. The Kier molecular flexibility index (Phi) is 3.99. The van der Waals surface area contributed by atoms with Crippen molar-refractivity contribution in [1.29, 1.82) is 0 Å². The van der Waals surface area contributed by atoms with Crippen LogP contribution >= 0.6 is 0 Å². The van der Waals surface area contributed by atoms with E-state index in [-0.39, 0.29) is 22.9 Å². The van der Waals surface area contributed by atoms with E-state index in [9.17, 15) is 17.6 Å². The predicted molar refractivity (Wildman–Crippen MR) is 74.0 cm³/mol. The Labute approximate surface area is 117 Å². The third-order valence-corrected chi connectivity index (χ3v) is 3.97. The second-order valence-corrected chi connectivity index (χ2v) is 6.54. The molecule has 3 nitrogen and oxygen atoms in total. The number of carbonyl (C=O) groups is 1. The molecule has 0 aromatic heterocycles. The molecule has 0 atom stereocenters. The van der Waals surface area contributed by atoms with Crippen LogP contribution in [0.1, 0.15) is 15.9 Å². The van der Waals surface area contributed by atoms with Crippen LogP contribution in [0.2, 0.25) is 0 Å². The highest BCUT2D eigenvalue weighted by atomic mass is 32.2. The van der Waals surface area contributed by atoms with Crippen molar-refractivity contribution in [2.24, 2.45) is 0 Å². The third kappa shape index (κ3) is 3.51. The minimum absolute atomic E-state index is 0.105. The predicted octanol–water partition coefficient (Wildman–Crippen LogP) is 2.65. The number of halogens is 1. The maximum Gasteiger partial charge on any atom is 0.175 e. The molecule has 0 aliphatic carbocycles. The van der Waals surface area contributed by atoms with Gasteiger partial charge < -0.3 is 0 Å². The number of rotatable bonds is 4. The molecule has 2 rings (SSSR count). The van der Waals surface area contributed by atoms with Gasteiger partial charge in [0.2, 0.25) is 0 Å². The summed E-state index contributed by atoms with van der Waals surface area (Å²) < 4.78 is 35.7. The van der Waals surface area contributed by atoms with Crippen LogP contribution in [0.5, 0.6) is 0 Å². The van der Waals surface area contributed by atoms with Crippen LogP contribution < -0.4 is 0 Å². The van der Waals surface area contributed by atoms with E-state index in [1.807, 2.05) is 0 Å². The summed E-state index contributed by atoms with van der Waals surface area (Å²) in [4.78, 5) is 12.2. The molecule has 104 valence electrons. The second kappa shape index (κ2) is 5.54. The number of carbonyl (C=O) groups excluding carboxylic acids is 1. The molecular weight excluding hydrogens is 279 g/mol. The number of hydrogen-bond acceptors (Lipinski definition) is 3. The molecule has 5 heteroatoms. The Hall–Kier alpha value is -2.01. The molecule has 0 spiro atoms. The van der Waals surface area contributed by atoms with Crippen molar-refractivity contribution in [3.8, 4) is 0 Å². The van der Waals surface area contributed by atoms with E-state index in [4.69, 9.17) is 0 Å². The van der Waals surface area contributed by atoms with E-state index in [0.717, 1.165) is 6.26 Å². The lowest BCUT2D eigenvalue weighted by molar-refractivity contribution is 0.0992. The maximum atomic E-state index is 12.8. The summed E-state index contributed by atoms with van der Waals surface area (Å²) in [5.74, 6) is -0.567. The molecule has 2 aromatic rings. The monoisotopic (exact) mass is 292 g/mol. The number of ketones is 1. The van der Waals surface area contributed by atoms with E-state index >= 15 is 0 Å². The molecule has 0 saturated carbocycles. The molecule has 0 radical (unpaired) electrons. The van der Waals surface area contributed by atoms with E-state index in [1.165, 1.54) is 42.5 Å². The van der Waals surface area contributed by atoms with Crippen molar-refractivity contribution in [3.05, 3.63) is 65.5 Å². The topological polar surface area (TPSA) is 51.2 Å². The van der Waals surface area contributed by atoms with Crippen LogP contribution in [-0.2, 0) is 16.3 Å². The average molecular weight is 292 g/mol. The largest absolute Gasteiger partial charge is 0.294 e. The zero-order valence-corrected chi connectivity index (χ0v) is 11.7. The van der Waals surface area contributed by atoms with Gasteiger partial charge in [0, 0.05) is 18.2 Å². The molecule has 0 aliphatic rings. The first-order valence-corrected chi connectivity index (χ1v) is 7.83. The molecule has 0 bridgehead atoms. The molecule has 0 aliphatic heterocycles. The average Bonchev–Trinajstić information content (AvgIpc) is 2.40. The molecule has 0 heterocycles. The minimum atomic E-state index is -3.34. The minimum Gasteiger partial charge on any atom is -0.294 e. The molecule has 20 heavy (non-hydrogen) atoms. The maximum absolute atomic E-state index is 12.8. The van der Waals surface area contributed by atoms with Crippen LogP contribution in [-0.4, -0.2) is 20.5 Å². The Balaban J connectivity index is 2.23. The first kappa shape index (κ1) is 14.4. The molecule has 0 N–H and O–H groups in total. The van der Waals surface area contributed by atoms with Crippen LogP contribution in [0, 0.1) is 5.82 Å². The van der Waals surface area contributed by atoms with E-state index in [0.29, 0.717) is 11.1 Å². The molecule has 2 aromatic carbocycles. The van der Waals surface area contributed by atoms with Crippen molar-refractivity contribution < 1.29 is 17.6 Å². The summed E-state index contributed by atoms with van der Waals surface area (Å²) in [5, 5.41) is 0. The quantitative estimate of drug-likeness (QED) is 0.814. The first-order valence-electron chi connectivity index (χ1n) is 5.94. The first-order chi connectivity index (χ1) is 9.36. The van der Waals surface area contributed by atoms with E-state index < -0.39 is 9.84 Å². The number of benzene rings is 2. The fraction of sp³-hybridized carbons (Fsp3) is 0.133. The van der Waals surface area contributed by atoms with Gasteiger partial charge in [0.25, 0.3) is 0 Å². The lowest BCUT2D eigenvalue weighted by Gasteiger charge is -2.04. The van der Waals surface area contributed by atoms with Crippen LogP contribution in [0.3, 0.4) is 0 Å². The molecule has 0 unspecified atom stereocenters. The Morgan fingerprint density at radius 1 is 1.10 bits per heavy atom. The van der Waals surface area contributed by atoms with Gasteiger partial charge in [-0.25, -0.2) is 12.8 Å². The van der Waals surface area contributed by atoms with Gasteiger partial charge in [-0.15, -0.1) is 0 Å². The molecule has 0 saturated heterocycles. The third-order valence-electron chi connectivity index (χ3n) is 2.86. The van der Waals surface area contributed by atoms with Gasteiger partial charge in [0.15, 0.2) is 15.6 Å². The van der Waals surface area contributed by atoms with Gasteiger partial charge in [0.1, 0.15) is 5.82 Å². The normalized spacial score (nSPS) is 11.3. The van der Waals surface area contributed by atoms with Gasteiger partial charge in [0.05, 0.1) is 4.90 Å². The Morgan fingerprint density at radius 3 is 2.35 bits per heavy atom. The highest BCUT2D eigenvalue weighted by molar-refractivity contribution is 7.90. The van der Waals surface area contributed by atoms with E-state index in [2.05, 4.69) is 0 Å². The van der Waals surface area contributed by atoms with Crippen molar-refractivity contribution in [1.82, 2.24) is 0 Å². The van der Waals surface area contributed by atoms with Crippen molar-refractivity contribution in [3.63, 3.8) is 0 Å². The SMILES string of the molecule is CS(=O)(=O)c1cccc(C(=O)Cc2ccc(F)cc2)c1. The summed E-state index contributed by atoms with van der Waals surface area (Å²) in [7, 11) is -3.34. The zero-order chi connectivity index (χ0) is 14.8. The Bertz CT molecular complexity index is 734. The fourth-order valence-corrected chi connectivity index (χ4v) is 2.46. The zero-order valence-electron chi connectivity index (χ0n) is 10.8. The van der Waals surface area contributed by atoms with Crippen LogP contribution in [0.4, 0.5) is 4.39 Å². The van der Waals surface area contributed by atoms with Crippen molar-refractivity contribution in [2.75, 3.05) is 6.26 Å². The summed E-state index contributed by atoms with van der Waals surface area (Å²) in [6.45, 7) is 0. The van der Waals surface area contributed by atoms with Crippen molar-refractivity contribution >= 4 is 15.6 Å². The van der Waals surface area contributed by atoms with Gasteiger partial charge >= 0.3 is 0 Å². The number of sulfone groups is 1. The number of hydrogen-bond donors (Lipinski definition) is 0. The van der Waals surface area contributed by atoms with Gasteiger partial charge in [-0.2, -0.15) is 0 Å². The van der Waals surface area contributed by atoms with Crippen molar-refractivity contribution in [2.45, 2.75) is 11.3 Å². The Morgan fingerprint density at radius 2 is 1.75 bits per heavy atom. The standard InChI is InChI=1S/C15H13FO3S/c1-20(18,19)14-4-2-3-12(10-14)15(17)9-11-5-7-13(16)8-6-11/h2-8,10H,9H2,1H3. The molecule has 0 fully saturated rings. The lowest BCUT2D eigenvalue weighted by Crippen LogP contribution is -2.05. The van der Waals surface area contributed by atoms with Crippen LogP contribution in [0.25, 0.3) is 0 Å². The molecule has 0 amide bonds. The highest BCUT2D eigenvalue weighted by Gasteiger charge is 2.12. The van der Waals surface area contributed by atoms with Crippen LogP contribution in [0.15, 0.2) is 53.4 Å². The lowest BCUT2D eigenvalue weighted by atomic mass is 10.0. The summed E-state index contributed by atoms with van der Waals surface area (Å²) in [6.07, 6.45) is 1.20. The summed E-state index contributed by atoms with van der Waals surface area (Å²) in [6, 6.07) is 11.6. The van der Waals surface area contributed by atoms with E-state index in [1.54, 1.807) is 6.07 Å². The highest BCUT2D eigenvalue weighted by Crippen LogP contribution is 2.14. The second-order valence-electron chi connectivity index (χ2n) is 4.53. The number of Topliss-reactive ketones (excluding diaryl/α,β-unsaturated/α-hetero) is 1. The van der Waals surface area contributed by atoms with Gasteiger partial charge in [-0.05, 0) is 29.8 Å². The van der Waals surface area contributed by atoms with Gasteiger partial charge in [-0.1, -0.05) is 24.3 Å². The fourth-order valence-electron chi connectivity index (χ4n) is 1.79. The smallest absolute Gasteiger partial charge is 0.175 e. The van der Waals surface area contributed by atoms with Gasteiger partial charge in [-0.3, -0.25) is 4.79 Å². The summed E-state index contributed by atoms with van der Waals surface area (Å²) >= 11 is 0. The molecular formula is C15H13FO3S.